The van der Waals surface area contributed by atoms with Gasteiger partial charge in [-0.15, -0.1) is 12.4 Å². The van der Waals surface area contributed by atoms with Gasteiger partial charge in [-0.3, -0.25) is 4.79 Å². The Kier molecular flexibility index (Phi) is 12.9. The number of benzene rings is 3. The van der Waals surface area contributed by atoms with Crippen molar-refractivity contribution in [2.24, 2.45) is 11.8 Å². The van der Waals surface area contributed by atoms with E-state index in [-0.39, 0.29) is 36.5 Å². The second-order valence-electron chi connectivity index (χ2n) is 12.9. The van der Waals surface area contributed by atoms with Gasteiger partial charge in [0.1, 0.15) is 6.61 Å². The molecule has 242 valence electrons. The summed E-state index contributed by atoms with van der Waals surface area (Å²) < 4.78 is 5.81. The van der Waals surface area contributed by atoms with Gasteiger partial charge in [-0.05, 0) is 66.7 Å². The molecule has 4 atom stereocenters. The lowest BCUT2D eigenvalue weighted by Crippen LogP contribution is -2.49. The largest absolute Gasteiger partial charge is 0.445 e. The van der Waals surface area contributed by atoms with E-state index in [0.29, 0.717) is 24.4 Å². The van der Waals surface area contributed by atoms with E-state index in [0.717, 1.165) is 69.4 Å². The number of hydrogen-bond donors (Lipinski definition) is 0. The zero-order chi connectivity index (χ0) is 30.9. The molecule has 2 fully saturated rings. The van der Waals surface area contributed by atoms with Gasteiger partial charge >= 0.3 is 6.09 Å². The first-order valence-corrected chi connectivity index (χ1v) is 16.5. The fraction of sp³-hybridized carbons (Fsp3) is 0.474. The highest BCUT2D eigenvalue weighted by Gasteiger charge is 2.40. The zero-order valence-corrected chi connectivity index (χ0v) is 27.9. The second kappa shape index (κ2) is 16.8. The fourth-order valence-corrected chi connectivity index (χ4v) is 7.06. The summed E-state index contributed by atoms with van der Waals surface area (Å²) in [5, 5.41) is 0. The van der Waals surface area contributed by atoms with Crippen LogP contribution in [0.25, 0.3) is 0 Å². The molecule has 1 aliphatic heterocycles. The van der Waals surface area contributed by atoms with Gasteiger partial charge in [-0.1, -0.05) is 99.1 Å². The number of amides is 2. The number of halogens is 1. The lowest BCUT2D eigenvalue weighted by Gasteiger charge is -2.40. The van der Waals surface area contributed by atoms with Crippen LogP contribution in [0.3, 0.4) is 0 Å². The summed E-state index contributed by atoms with van der Waals surface area (Å²) in [4.78, 5) is 33.2. The SMILES string of the molecule is CCC(C)CN(C(=O)OCc1ccccc1)C1CCN(CC2CC(N(C)C(=O)c3ccccc3)CC2c2ccccc2)CC1.Cl. The minimum absolute atomic E-state index is 0. The minimum atomic E-state index is -0.193. The number of piperidine rings is 1. The van der Waals surface area contributed by atoms with Crippen molar-refractivity contribution in [1.82, 2.24) is 14.7 Å². The standard InChI is InChI=1S/C38H49N3O3.ClH/c1-4-29(2)26-41(38(43)44-28-30-14-8-5-9-15-30)34-20-22-40(23-21-34)27-33-24-35(25-36(33)31-16-10-6-11-17-31)39(3)37(42)32-18-12-7-13-19-32;/h5-19,29,33-36H,4,20-28H2,1-3H3;1H. The number of nitrogens with zero attached hydrogens (tertiary/aromatic N) is 3. The third-order valence-corrected chi connectivity index (χ3v) is 9.92. The molecule has 3 aromatic carbocycles. The molecular formula is C38H50ClN3O3. The second-order valence-corrected chi connectivity index (χ2v) is 12.9. The molecule has 6 nitrogen and oxygen atoms in total. The van der Waals surface area contributed by atoms with Crippen LogP contribution < -0.4 is 0 Å². The summed E-state index contributed by atoms with van der Waals surface area (Å²) in [5.74, 6) is 1.41. The number of carbonyl (C=O) groups is 2. The van der Waals surface area contributed by atoms with Crippen LogP contribution >= 0.6 is 12.4 Å². The van der Waals surface area contributed by atoms with Crippen LogP contribution in [0.5, 0.6) is 0 Å². The molecule has 0 N–H and O–H groups in total. The minimum Gasteiger partial charge on any atom is -0.445 e. The maximum atomic E-state index is 13.3. The third kappa shape index (κ3) is 9.11. The maximum Gasteiger partial charge on any atom is 0.410 e. The topological polar surface area (TPSA) is 53.1 Å². The highest BCUT2D eigenvalue weighted by Crippen LogP contribution is 2.42. The first kappa shape index (κ1) is 34.5. The average molecular weight is 632 g/mol. The van der Waals surface area contributed by atoms with E-state index in [9.17, 15) is 9.59 Å². The summed E-state index contributed by atoms with van der Waals surface area (Å²) in [5.41, 5.74) is 3.13. The zero-order valence-electron chi connectivity index (χ0n) is 27.1. The summed E-state index contributed by atoms with van der Waals surface area (Å²) in [6.45, 7) is 8.39. The van der Waals surface area contributed by atoms with E-state index in [1.165, 1.54) is 5.56 Å². The van der Waals surface area contributed by atoms with E-state index in [4.69, 9.17) is 4.74 Å². The molecule has 45 heavy (non-hydrogen) atoms. The van der Waals surface area contributed by atoms with Gasteiger partial charge < -0.3 is 19.4 Å². The molecule has 4 unspecified atom stereocenters. The molecule has 7 heteroatoms. The molecular weight excluding hydrogens is 582 g/mol. The molecule has 0 spiro atoms. The summed E-state index contributed by atoms with van der Waals surface area (Å²) >= 11 is 0. The van der Waals surface area contributed by atoms with Crippen molar-refractivity contribution in [3.05, 3.63) is 108 Å². The molecule has 2 aliphatic rings. The van der Waals surface area contributed by atoms with Crippen molar-refractivity contribution >= 4 is 24.4 Å². The van der Waals surface area contributed by atoms with Gasteiger partial charge in [0.15, 0.2) is 0 Å². The van der Waals surface area contributed by atoms with Gasteiger partial charge in [0.25, 0.3) is 5.91 Å². The monoisotopic (exact) mass is 631 g/mol. The van der Waals surface area contributed by atoms with Crippen LogP contribution in [0.2, 0.25) is 0 Å². The molecule has 0 radical (unpaired) electrons. The Morgan fingerprint density at radius 2 is 1.47 bits per heavy atom. The summed E-state index contributed by atoms with van der Waals surface area (Å²) in [6, 6.07) is 30.8. The molecule has 0 aromatic heterocycles. The van der Waals surface area contributed by atoms with Crippen molar-refractivity contribution in [1.29, 1.82) is 0 Å². The summed E-state index contributed by atoms with van der Waals surface area (Å²) in [6.07, 6.45) is 4.73. The van der Waals surface area contributed by atoms with Crippen molar-refractivity contribution < 1.29 is 14.3 Å². The van der Waals surface area contributed by atoms with Gasteiger partial charge in [0, 0.05) is 50.9 Å². The molecule has 2 amide bonds. The number of ether oxygens (including phenoxy) is 1. The lowest BCUT2D eigenvalue weighted by atomic mass is 9.88. The average Bonchev–Trinajstić information content (AvgIpc) is 3.50. The Balaban J connectivity index is 0.00000461. The van der Waals surface area contributed by atoms with Crippen molar-refractivity contribution in [2.75, 3.05) is 33.2 Å². The van der Waals surface area contributed by atoms with Crippen LogP contribution in [-0.4, -0.2) is 72.0 Å². The van der Waals surface area contributed by atoms with Gasteiger partial charge in [-0.25, -0.2) is 4.79 Å². The Labute approximate surface area is 276 Å². The first-order chi connectivity index (χ1) is 21.4. The van der Waals surface area contributed by atoms with E-state index < -0.39 is 0 Å². The van der Waals surface area contributed by atoms with E-state index in [2.05, 4.69) is 49.1 Å². The highest BCUT2D eigenvalue weighted by atomic mass is 35.5. The first-order valence-electron chi connectivity index (χ1n) is 16.5. The quantitative estimate of drug-likeness (QED) is 0.216. The Morgan fingerprint density at radius 3 is 2.09 bits per heavy atom. The predicted molar refractivity (Wildman–Crippen MR) is 184 cm³/mol. The van der Waals surface area contributed by atoms with Crippen molar-refractivity contribution in [3.8, 4) is 0 Å². The van der Waals surface area contributed by atoms with Crippen LogP contribution in [0.1, 0.15) is 73.4 Å². The maximum absolute atomic E-state index is 13.3. The number of carbonyl (C=O) groups excluding carboxylic acids is 2. The van der Waals surface area contributed by atoms with Crippen LogP contribution in [0.15, 0.2) is 91.0 Å². The van der Waals surface area contributed by atoms with Crippen LogP contribution in [-0.2, 0) is 11.3 Å². The van der Waals surface area contributed by atoms with Crippen molar-refractivity contribution in [2.45, 2.75) is 70.6 Å². The predicted octanol–water partition coefficient (Wildman–Crippen LogP) is 7.89. The molecule has 1 saturated carbocycles. The Bertz CT molecular complexity index is 1320. The molecule has 1 heterocycles. The van der Waals surface area contributed by atoms with Gasteiger partial charge in [0.05, 0.1) is 0 Å². The van der Waals surface area contributed by atoms with E-state index in [1.54, 1.807) is 0 Å². The third-order valence-electron chi connectivity index (χ3n) is 9.92. The fourth-order valence-electron chi connectivity index (χ4n) is 7.06. The number of hydrogen-bond acceptors (Lipinski definition) is 4. The van der Waals surface area contributed by atoms with Gasteiger partial charge in [0.2, 0.25) is 0 Å². The normalized spacial score (nSPS) is 21.0. The highest BCUT2D eigenvalue weighted by molar-refractivity contribution is 5.94. The van der Waals surface area contributed by atoms with Crippen molar-refractivity contribution in [3.63, 3.8) is 0 Å². The molecule has 1 aliphatic carbocycles. The molecule has 5 rings (SSSR count). The van der Waals surface area contributed by atoms with E-state index in [1.807, 2.05) is 77.5 Å². The molecule has 1 saturated heterocycles. The van der Waals surface area contributed by atoms with Crippen LogP contribution in [0.4, 0.5) is 4.79 Å². The molecule has 3 aromatic rings. The molecule has 0 bridgehead atoms. The van der Waals surface area contributed by atoms with Gasteiger partial charge in [-0.2, -0.15) is 0 Å². The van der Waals surface area contributed by atoms with Crippen LogP contribution in [0, 0.1) is 11.8 Å². The number of likely N-dealkylation sites (tertiary alicyclic amines) is 1. The number of rotatable bonds is 11. The smallest absolute Gasteiger partial charge is 0.410 e. The lowest BCUT2D eigenvalue weighted by molar-refractivity contribution is 0.0511. The Hall–Kier alpha value is -3.35. The van der Waals surface area contributed by atoms with E-state index >= 15 is 0 Å². The Morgan fingerprint density at radius 1 is 0.867 bits per heavy atom. The summed E-state index contributed by atoms with van der Waals surface area (Å²) in [7, 11) is 1.97.